The van der Waals surface area contributed by atoms with Crippen LogP contribution in [0.4, 0.5) is 0 Å². The van der Waals surface area contributed by atoms with E-state index < -0.39 is 0 Å². The first kappa shape index (κ1) is 14.2. The lowest BCUT2D eigenvalue weighted by Gasteiger charge is -2.03. The molecule has 18 heavy (non-hydrogen) atoms. The molecule has 2 rings (SSSR count). The number of hydrogen-bond acceptors (Lipinski definition) is 1. The van der Waals surface area contributed by atoms with Crippen molar-refractivity contribution in [1.29, 1.82) is 0 Å². The Labute approximate surface area is 109 Å². The lowest BCUT2D eigenvalue weighted by atomic mass is 10.0. The van der Waals surface area contributed by atoms with E-state index in [0.717, 1.165) is 16.7 Å². The Morgan fingerprint density at radius 1 is 0.889 bits per heavy atom. The van der Waals surface area contributed by atoms with E-state index in [2.05, 4.69) is 31.2 Å². The molecule has 0 fully saturated rings. The predicted octanol–water partition coefficient (Wildman–Crippen LogP) is 4.89. The highest BCUT2D eigenvalue weighted by atomic mass is 16.1. The van der Waals surface area contributed by atoms with E-state index in [0.29, 0.717) is 0 Å². The van der Waals surface area contributed by atoms with Gasteiger partial charge in [0.2, 0.25) is 0 Å². The molecule has 1 nitrogen and oxygen atoms in total. The predicted molar refractivity (Wildman–Crippen MR) is 78.0 cm³/mol. The summed E-state index contributed by atoms with van der Waals surface area (Å²) < 4.78 is 0. The van der Waals surface area contributed by atoms with Gasteiger partial charge in [-0.15, -0.1) is 0 Å². The van der Waals surface area contributed by atoms with E-state index in [1.54, 1.807) is 6.92 Å². The molecule has 0 aliphatic rings. The number of Topliss-reactive ketones (excluding diaryl/α,β-unsaturated/α-hetero) is 1. The zero-order valence-corrected chi connectivity index (χ0v) is 11.5. The van der Waals surface area contributed by atoms with Crippen molar-refractivity contribution in [2.45, 2.75) is 27.7 Å². The Hall–Kier alpha value is -1.89. The summed E-state index contributed by atoms with van der Waals surface area (Å²) >= 11 is 0. The van der Waals surface area contributed by atoms with E-state index in [9.17, 15) is 4.79 Å². The Balaban J connectivity index is 0.000000771. The van der Waals surface area contributed by atoms with Gasteiger partial charge in [-0.1, -0.05) is 61.9 Å². The van der Waals surface area contributed by atoms with Crippen LogP contribution in [0.5, 0.6) is 0 Å². The summed E-state index contributed by atoms with van der Waals surface area (Å²) in [4.78, 5) is 11.3. The Morgan fingerprint density at radius 3 is 2.06 bits per heavy atom. The summed E-state index contributed by atoms with van der Waals surface area (Å²) in [5.41, 5.74) is 4.24. The van der Waals surface area contributed by atoms with Crippen molar-refractivity contribution in [1.82, 2.24) is 0 Å². The van der Waals surface area contributed by atoms with Gasteiger partial charge >= 0.3 is 0 Å². The smallest absolute Gasteiger partial charge is 0.159 e. The summed E-state index contributed by atoms with van der Waals surface area (Å²) in [6.45, 7) is 7.66. The molecule has 0 atom stereocenters. The second-order valence-corrected chi connectivity index (χ2v) is 4.00. The summed E-state index contributed by atoms with van der Waals surface area (Å²) in [6.07, 6.45) is 0. The van der Waals surface area contributed by atoms with Crippen LogP contribution in [0.25, 0.3) is 11.1 Å². The van der Waals surface area contributed by atoms with E-state index in [1.165, 1.54) is 5.56 Å². The standard InChI is InChI=1S/C15H14O.C2H6/c1-11-6-8-13(9-7-11)15-5-3-4-14(10-15)12(2)16;1-2/h3-10H,1-2H3;1-2H3. The Bertz CT molecular complexity index is 509. The van der Waals surface area contributed by atoms with Crippen LogP contribution in [0, 0.1) is 6.92 Å². The number of aryl methyl sites for hydroxylation is 1. The van der Waals surface area contributed by atoms with E-state index in [-0.39, 0.29) is 5.78 Å². The number of carbonyl (C=O) groups is 1. The first-order chi connectivity index (χ1) is 8.66. The maximum Gasteiger partial charge on any atom is 0.159 e. The van der Waals surface area contributed by atoms with Gasteiger partial charge in [0.15, 0.2) is 5.78 Å². The molecular weight excluding hydrogens is 220 g/mol. The first-order valence-electron chi connectivity index (χ1n) is 6.35. The molecule has 0 unspecified atom stereocenters. The van der Waals surface area contributed by atoms with E-state index >= 15 is 0 Å². The summed E-state index contributed by atoms with van der Waals surface area (Å²) in [6, 6.07) is 16.0. The average Bonchev–Trinajstić information content (AvgIpc) is 2.42. The quantitative estimate of drug-likeness (QED) is 0.683. The molecule has 0 N–H and O–H groups in total. The Kier molecular flexibility index (Phi) is 5.31. The van der Waals surface area contributed by atoms with Crippen molar-refractivity contribution in [2.75, 3.05) is 0 Å². The number of hydrogen-bond donors (Lipinski definition) is 0. The van der Waals surface area contributed by atoms with Crippen LogP contribution in [-0.2, 0) is 0 Å². The zero-order chi connectivity index (χ0) is 13.5. The zero-order valence-electron chi connectivity index (χ0n) is 11.5. The van der Waals surface area contributed by atoms with Crippen molar-refractivity contribution in [3.05, 3.63) is 59.7 Å². The van der Waals surface area contributed by atoms with Crippen LogP contribution < -0.4 is 0 Å². The summed E-state index contributed by atoms with van der Waals surface area (Å²) in [5, 5.41) is 0. The molecule has 0 saturated heterocycles. The maximum absolute atomic E-state index is 11.3. The molecule has 2 aromatic rings. The molecule has 2 aromatic carbocycles. The molecule has 0 amide bonds. The van der Waals surface area contributed by atoms with E-state index in [1.807, 2.05) is 38.1 Å². The van der Waals surface area contributed by atoms with Crippen LogP contribution in [0.3, 0.4) is 0 Å². The van der Waals surface area contributed by atoms with Crippen molar-refractivity contribution in [3.63, 3.8) is 0 Å². The van der Waals surface area contributed by atoms with Crippen LogP contribution in [0.1, 0.15) is 36.7 Å². The third kappa shape index (κ3) is 3.56. The van der Waals surface area contributed by atoms with Crippen LogP contribution in [0.15, 0.2) is 48.5 Å². The summed E-state index contributed by atoms with van der Waals surface area (Å²) in [5.74, 6) is 0.106. The molecule has 94 valence electrons. The van der Waals surface area contributed by atoms with Gasteiger partial charge in [0, 0.05) is 5.56 Å². The molecule has 0 saturated carbocycles. The van der Waals surface area contributed by atoms with E-state index in [4.69, 9.17) is 0 Å². The lowest BCUT2D eigenvalue weighted by molar-refractivity contribution is 0.101. The second kappa shape index (κ2) is 6.75. The minimum Gasteiger partial charge on any atom is -0.295 e. The fraction of sp³-hybridized carbons (Fsp3) is 0.235. The fourth-order valence-corrected chi connectivity index (χ4v) is 1.66. The molecule has 0 heterocycles. The number of carbonyl (C=O) groups excluding carboxylic acids is 1. The largest absolute Gasteiger partial charge is 0.295 e. The summed E-state index contributed by atoms with van der Waals surface area (Å²) in [7, 11) is 0. The van der Waals surface area contributed by atoms with Crippen LogP contribution in [0.2, 0.25) is 0 Å². The highest BCUT2D eigenvalue weighted by Crippen LogP contribution is 2.21. The molecule has 0 aromatic heterocycles. The van der Waals surface area contributed by atoms with Gasteiger partial charge in [0.25, 0.3) is 0 Å². The minimum atomic E-state index is 0.106. The molecule has 0 aliphatic heterocycles. The van der Waals surface area contributed by atoms with Gasteiger partial charge in [-0.3, -0.25) is 4.79 Å². The minimum absolute atomic E-state index is 0.106. The third-order valence-corrected chi connectivity index (χ3v) is 2.65. The molecule has 0 bridgehead atoms. The lowest BCUT2D eigenvalue weighted by Crippen LogP contribution is -1.91. The van der Waals surface area contributed by atoms with Gasteiger partial charge in [-0.05, 0) is 31.0 Å². The first-order valence-corrected chi connectivity index (χ1v) is 6.35. The van der Waals surface area contributed by atoms with Gasteiger partial charge in [-0.2, -0.15) is 0 Å². The monoisotopic (exact) mass is 240 g/mol. The van der Waals surface area contributed by atoms with Crippen molar-refractivity contribution in [3.8, 4) is 11.1 Å². The molecule has 0 radical (unpaired) electrons. The molecule has 0 spiro atoms. The van der Waals surface area contributed by atoms with Gasteiger partial charge in [0.05, 0.1) is 0 Å². The molecule has 0 aliphatic carbocycles. The van der Waals surface area contributed by atoms with Crippen molar-refractivity contribution < 1.29 is 4.79 Å². The highest BCUT2D eigenvalue weighted by molar-refractivity contribution is 5.95. The second-order valence-electron chi connectivity index (χ2n) is 4.00. The Morgan fingerprint density at radius 2 is 1.50 bits per heavy atom. The number of benzene rings is 2. The van der Waals surface area contributed by atoms with Crippen molar-refractivity contribution >= 4 is 5.78 Å². The van der Waals surface area contributed by atoms with Gasteiger partial charge in [-0.25, -0.2) is 0 Å². The fourth-order valence-electron chi connectivity index (χ4n) is 1.66. The normalized spacial score (nSPS) is 9.33. The maximum atomic E-state index is 11.3. The molecular formula is C17H20O. The van der Waals surface area contributed by atoms with Crippen molar-refractivity contribution in [2.24, 2.45) is 0 Å². The third-order valence-electron chi connectivity index (χ3n) is 2.65. The highest BCUT2D eigenvalue weighted by Gasteiger charge is 2.01. The molecule has 1 heteroatoms. The number of ketones is 1. The average molecular weight is 240 g/mol. The van der Waals surface area contributed by atoms with Crippen LogP contribution >= 0.6 is 0 Å². The van der Waals surface area contributed by atoms with Gasteiger partial charge < -0.3 is 0 Å². The SMILES string of the molecule is CC.CC(=O)c1cccc(-c2ccc(C)cc2)c1. The topological polar surface area (TPSA) is 17.1 Å². The van der Waals surface area contributed by atoms with Crippen LogP contribution in [-0.4, -0.2) is 5.78 Å². The number of rotatable bonds is 2. The van der Waals surface area contributed by atoms with Gasteiger partial charge in [0.1, 0.15) is 0 Å².